The molecule has 9 heteroatoms. The quantitative estimate of drug-likeness (QED) is 0.693. The Morgan fingerprint density at radius 3 is 2.67 bits per heavy atom. The molecule has 1 aliphatic heterocycles. The van der Waals surface area contributed by atoms with E-state index in [0.29, 0.717) is 36.9 Å². The number of amides is 1. The molecule has 0 bridgehead atoms. The van der Waals surface area contributed by atoms with Crippen molar-refractivity contribution in [1.29, 1.82) is 0 Å². The smallest absolute Gasteiger partial charge is 0.387 e. The second kappa shape index (κ2) is 8.59. The van der Waals surface area contributed by atoms with Crippen LogP contribution in [0.25, 0.3) is 11.5 Å². The van der Waals surface area contributed by atoms with Crippen molar-refractivity contribution in [2.24, 2.45) is 11.7 Å². The lowest BCUT2D eigenvalue weighted by Gasteiger charge is -2.14. The van der Waals surface area contributed by atoms with Gasteiger partial charge < -0.3 is 24.5 Å². The number of halogens is 2. The normalized spacial score (nSPS) is 17.4. The van der Waals surface area contributed by atoms with Gasteiger partial charge >= 0.3 is 6.61 Å². The van der Waals surface area contributed by atoms with Gasteiger partial charge in [0.25, 0.3) is 5.91 Å². The molecule has 0 spiro atoms. The van der Waals surface area contributed by atoms with Crippen LogP contribution < -0.4 is 15.2 Å². The number of nitrogens with zero attached hydrogens (tertiary/aromatic N) is 2. The fourth-order valence-electron chi connectivity index (χ4n) is 3.43. The van der Waals surface area contributed by atoms with E-state index in [1.54, 1.807) is 24.0 Å². The SMILES string of the molecule is C[C@@H](N)c1oc(-c2ccc(OC(F)F)c(OCC3CC3)c2)nc1C(=O)N1CCCC1. The number of aromatic nitrogens is 1. The molecule has 2 aromatic rings. The molecule has 162 valence electrons. The molecule has 0 radical (unpaired) electrons. The highest BCUT2D eigenvalue weighted by atomic mass is 19.3. The number of carbonyl (C=O) groups excluding carboxylic acids is 1. The van der Waals surface area contributed by atoms with Crippen molar-refractivity contribution in [2.75, 3.05) is 19.7 Å². The van der Waals surface area contributed by atoms with Crippen LogP contribution in [-0.2, 0) is 0 Å². The van der Waals surface area contributed by atoms with Crippen molar-refractivity contribution in [3.05, 3.63) is 29.7 Å². The highest BCUT2D eigenvalue weighted by Crippen LogP contribution is 2.37. The van der Waals surface area contributed by atoms with Gasteiger partial charge in [-0.2, -0.15) is 8.78 Å². The molecule has 1 aromatic heterocycles. The van der Waals surface area contributed by atoms with E-state index in [0.717, 1.165) is 25.7 Å². The molecule has 1 saturated carbocycles. The molecule has 2 fully saturated rings. The Bertz CT molecular complexity index is 906. The largest absolute Gasteiger partial charge is 0.489 e. The van der Waals surface area contributed by atoms with Gasteiger partial charge in [0.1, 0.15) is 0 Å². The van der Waals surface area contributed by atoms with Crippen molar-refractivity contribution in [3.8, 4) is 23.0 Å². The number of ether oxygens (including phenoxy) is 2. The number of nitrogens with two attached hydrogens (primary N) is 1. The predicted octanol–water partition coefficient (Wildman–Crippen LogP) is 3.99. The third kappa shape index (κ3) is 4.56. The zero-order valence-corrected chi connectivity index (χ0v) is 16.8. The third-order valence-electron chi connectivity index (χ3n) is 5.24. The Hall–Kier alpha value is -2.68. The predicted molar refractivity (Wildman–Crippen MR) is 105 cm³/mol. The number of hydrogen-bond donors (Lipinski definition) is 1. The van der Waals surface area contributed by atoms with Gasteiger partial charge in [0, 0.05) is 18.7 Å². The van der Waals surface area contributed by atoms with Gasteiger partial charge in [-0.05, 0) is 56.7 Å². The second-order valence-electron chi connectivity index (χ2n) is 7.81. The lowest BCUT2D eigenvalue weighted by Crippen LogP contribution is -2.29. The minimum Gasteiger partial charge on any atom is -0.489 e. The third-order valence-corrected chi connectivity index (χ3v) is 5.24. The van der Waals surface area contributed by atoms with Gasteiger partial charge in [0.15, 0.2) is 23.0 Å². The molecule has 1 aliphatic carbocycles. The Balaban J connectivity index is 1.65. The summed E-state index contributed by atoms with van der Waals surface area (Å²) in [6.45, 7) is 0.541. The summed E-state index contributed by atoms with van der Waals surface area (Å²) in [6.07, 6.45) is 4.03. The second-order valence-corrected chi connectivity index (χ2v) is 7.81. The summed E-state index contributed by atoms with van der Waals surface area (Å²) in [6, 6.07) is 3.95. The highest BCUT2D eigenvalue weighted by Gasteiger charge is 2.29. The van der Waals surface area contributed by atoms with Gasteiger partial charge in [0.05, 0.1) is 12.6 Å². The van der Waals surface area contributed by atoms with E-state index in [2.05, 4.69) is 9.72 Å². The monoisotopic (exact) mass is 421 g/mol. The fraction of sp³-hybridized carbons (Fsp3) is 0.524. The zero-order chi connectivity index (χ0) is 21.3. The number of hydrogen-bond acceptors (Lipinski definition) is 6. The van der Waals surface area contributed by atoms with Gasteiger partial charge in [-0.1, -0.05) is 0 Å². The van der Waals surface area contributed by atoms with Crippen molar-refractivity contribution in [3.63, 3.8) is 0 Å². The minimum atomic E-state index is -2.96. The maximum absolute atomic E-state index is 12.9. The number of carbonyl (C=O) groups is 1. The van der Waals surface area contributed by atoms with Crippen molar-refractivity contribution < 1.29 is 27.5 Å². The van der Waals surface area contributed by atoms with Crippen LogP contribution in [0.15, 0.2) is 22.6 Å². The molecule has 2 aliphatic rings. The standard InChI is InChI=1S/C21H25F2N3O4/c1-12(24)18-17(20(27)26-8-2-3-9-26)25-19(30-18)14-6-7-15(29-21(22)23)16(10-14)28-11-13-4-5-13/h6-7,10,12-13,21H,2-5,8-9,11,24H2,1H3/t12-/m1/s1. The average Bonchev–Trinajstić information content (AvgIpc) is 3.19. The van der Waals surface area contributed by atoms with Crippen LogP contribution in [0.5, 0.6) is 11.5 Å². The first kappa shape index (κ1) is 20.6. The average molecular weight is 421 g/mol. The summed E-state index contributed by atoms with van der Waals surface area (Å²) in [5.74, 6) is 0.844. The number of alkyl halides is 2. The van der Waals surface area contributed by atoms with E-state index in [4.69, 9.17) is 14.9 Å². The summed E-state index contributed by atoms with van der Waals surface area (Å²) < 4.78 is 41.6. The van der Waals surface area contributed by atoms with Gasteiger partial charge in [-0.15, -0.1) is 0 Å². The molecule has 1 aromatic carbocycles. The Morgan fingerprint density at radius 1 is 1.30 bits per heavy atom. The molecule has 7 nitrogen and oxygen atoms in total. The number of rotatable bonds is 8. The van der Waals surface area contributed by atoms with Crippen molar-refractivity contribution in [2.45, 2.75) is 45.3 Å². The molecule has 2 N–H and O–H groups in total. The number of oxazole rings is 1. The fourth-order valence-corrected chi connectivity index (χ4v) is 3.43. The van der Waals surface area contributed by atoms with Crippen LogP contribution in [0.1, 0.15) is 54.9 Å². The molecule has 1 atom stereocenters. The Morgan fingerprint density at radius 2 is 2.03 bits per heavy atom. The molecule has 1 saturated heterocycles. The molecule has 30 heavy (non-hydrogen) atoms. The van der Waals surface area contributed by atoms with Gasteiger partial charge in [-0.3, -0.25) is 4.79 Å². The van der Waals surface area contributed by atoms with E-state index < -0.39 is 12.7 Å². The van der Waals surface area contributed by atoms with E-state index >= 15 is 0 Å². The van der Waals surface area contributed by atoms with Crippen LogP contribution >= 0.6 is 0 Å². The van der Waals surface area contributed by atoms with Crippen molar-refractivity contribution >= 4 is 5.91 Å². The maximum Gasteiger partial charge on any atom is 0.387 e. The summed E-state index contributed by atoms with van der Waals surface area (Å²) >= 11 is 0. The zero-order valence-electron chi connectivity index (χ0n) is 16.8. The first-order chi connectivity index (χ1) is 14.4. The summed E-state index contributed by atoms with van der Waals surface area (Å²) in [7, 11) is 0. The first-order valence-corrected chi connectivity index (χ1v) is 10.2. The van der Waals surface area contributed by atoms with Crippen molar-refractivity contribution in [1.82, 2.24) is 9.88 Å². The number of benzene rings is 1. The minimum absolute atomic E-state index is 0.0539. The molecule has 1 amide bonds. The lowest BCUT2D eigenvalue weighted by atomic mass is 10.2. The summed E-state index contributed by atoms with van der Waals surface area (Å²) in [4.78, 5) is 19.0. The summed E-state index contributed by atoms with van der Waals surface area (Å²) in [5, 5.41) is 0. The van der Waals surface area contributed by atoms with Gasteiger partial charge in [-0.25, -0.2) is 4.98 Å². The van der Waals surface area contributed by atoms with Gasteiger partial charge in [0.2, 0.25) is 5.89 Å². The molecular formula is C21H25F2N3O4. The van der Waals surface area contributed by atoms with E-state index in [-0.39, 0.29) is 29.0 Å². The van der Waals surface area contributed by atoms with Crippen LogP contribution in [0.4, 0.5) is 8.78 Å². The summed E-state index contributed by atoms with van der Waals surface area (Å²) in [5.41, 5.74) is 6.69. The van der Waals surface area contributed by atoms with E-state index in [9.17, 15) is 13.6 Å². The molecular weight excluding hydrogens is 396 g/mol. The van der Waals surface area contributed by atoms with Crippen LogP contribution in [0, 0.1) is 5.92 Å². The highest BCUT2D eigenvalue weighted by molar-refractivity contribution is 5.94. The molecule has 4 rings (SSSR count). The number of likely N-dealkylation sites (tertiary alicyclic amines) is 1. The maximum atomic E-state index is 12.9. The Kier molecular flexibility index (Phi) is 5.90. The first-order valence-electron chi connectivity index (χ1n) is 10.2. The topological polar surface area (TPSA) is 90.8 Å². The van der Waals surface area contributed by atoms with Crippen LogP contribution in [0.3, 0.4) is 0 Å². The Labute approximate surface area is 173 Å². The van der Waals surface area contributed by atoms with Crippen LogP contribution in [-0.4, -0.2) is 42.1 Å². The van der Waals surface area contributed by atoms with E-state index in [1.807, 2.05) is 0 Å². The molecule has 2 heterocycles. The van der Waals surface area contributed by atoms with Crippen LogP contribution in [0.2, 0.25) is 0 Å². The lowest BCUT2D eigenvalue weighted by molar-refractivity contribution is -0.0515. The van der Waals surface area contributed by atoms with E-state index in [1.165, 1.54) is 6.07 Å². The molecule has 0 unspecified atom stereocenters.